The molecule has 1 aliphatic heterocycles. The predicted octanol–water partition coefficient (Wildman–Crippen LogP) is 4.75. The van der Waals surface area contributed by atoms with Crippen LogP contribution in [-0.4, -0.2) is 20.2 Å². The highest BCUT2D eigenvalue weighted by Gasteiger charge is 2.33. The third-order valence-electron chi connectivity index (χ3n) is 5.48. The largest absolute Gasteiger partial charge is 0.280 e. The lowest BCUT2D eigenvalue weighted by atomic mass is 9.94. The lowest BCUT2D eigenvalue weighted by Gasteiger charge is -2.27. The minimum atomic E-state index is -3.75. The number of nitrogens with one attached hydrogen (secondary N) is 1. The highest BCUT2D eigenvalue weighted by molar-refractivity contribution is 7.92. The smallest absolute Gasteiger partial charge is 0.265 e. The maximum atomic E-state index is 13.1. The summed E-state index contributed by atoms with van der Waals surface area (Å²) >= 11 is 0. The zero-order valence-corrected chi connectivity index (χ0v) is 17.9. The molecule has 7 heteroatoms. The maximum Gasteiger partial charge on any atom is 0.265 e. The summed E-state index contributed by atoms with van der Waals surface area (Å²) in [6, 6.07) is 23.4. The molecule has 6 nitrogen and oxygen atoms in total. The van der Waals surface area contributed by atoms with E-state index in [1.165, 1.54) is 24.3 Å². The monoisotopic (exact) mass is 442 g/mol. The van der Waals surface area contributed by atoms with Gasteiger partial charge in [-0.15, -0.1) is 0 Å². The molecule has 158 valence electrons. The number of sulfonamides is 1. The fourth-order valence-corrected chi connectivity index (χ4v) is 4.93. The van der Waals surface area contributed by atoms with Crippen LogP contribution in [0.15, 0.2) is 89.8 Å². The minimum absolute atomic E-state index is 0.151. The van der Waals surface area contributed by atoms with Crippen molar-refractivity contribution < 1.29 is 18.0 Å². The first kappa shape index (κ1) is 20.0. The Hall–Kier alpha value is -3.97. The van der Waals surface area contributed by atoms with Crippen molar-refractivity contribution in [3.8, 4) is 0 Å². The van der Waals surface area contributed by atoms with Gasteiger partial charge in [-0.1, -0.05) is 42.0 Å². The molecule has 0 unspecified atom stereocenters. The molecule has 0 fully saturated rings. The molecule has 0 spiro atoms. The van der Waals surface area contributed by atoms with E-state index in [9.17, 15) is 18.0 Å². The number of nitrogens with zero attached hydrogens (tertiary/aromatic N) is 1. The fraction of sp³-hybridized carbons (Fsp3) is 0.0400. The van der Waals surface area contributed by atoms with Gasteiger partial charge in [0, 0.05) is 22.2 Å². The van der Waals surface area contributed by atoms with Crippen LogP contribution in [0, 0.1) is 6.92 Å². The number of amides is 2. The van der Waals surface area contributed by atoms with Gasteiger partial charge < -0.3 is 0 Å². The Labute approximate surface area is 185 Å². The van der Waals surface area contributed by atoms with Crippen molar-refractivity contribution >= 4 is 44.0 Å². The molecular formula is C25H18N2O4S. The first-order valence-electron chi connectivity index (χ1n) is 9.95. The summed E-state index contributed by atoms with van der Waals surface area (Å²) in [6.45, 7) is 1.88. The number of hydrogen-bond donors (Lipinski definition) is 1. The van der Waals surface area contributed by atoms with Gasteiger partial charge in [-0.3, -0.25) is 14.3 Å². The van der Waals surface area contributed by atoms with Crippen molar-refractivity contribution in [2.75, 3.05) is 9.62 Å². The lowest BCUT2D eigenvalue weighted by Crippen LogP contribution is -2.40. The number of aryl methyl sites for hydroxylation is 1. The van der Waals surface area contributed by atoms with Gasteiger partial charge in [0.2, 0.25) is 0 Å². The van der Waals surface area contributed by atoms with Crippen LogP contribution in [0.25, 0.3) is 10.8 Å². The van der Waals surface area contributed by atoms with Crippen LogP contribution in [0.5, 0.6) is 0 Å². The number of hydrogen-bond acceptors (Lipinski definition) is 4. The molecule has 32 heavy (non-hydrogen) atoms. The molecule has 0 aromatic heterocycles. The van der Waals surface area contributed by atoms with Gasteiger partial charge in [-0.05, 0) is 60.8 Å². The molecule has 0 bridgehead atoms. The molecule has 1 aliphatic rings. The molecule has 0 saturated carbocycles. The molecule has 0 aliphatic carbocycles. The van der Waals surface area contributed by atoms with E-state index in [4.69, 9.17) is 0 Å². The Morgan fingerprint density at radius 3 is 1.84 bits per heavy atom. The average molecular weight is 442 g/mol. The molecule has 5 rings (SSSR count). The number of anilines is 2. The van der Waals surface area contributed by atoms with Gasteiger partial charge in [-0.2, -0.15) is 0 Å². The van der Waals surface area contributed by atoms with E-state index >= 15 is 0 Å². The van der Waals surface area contributed by atoms with Crippen molar-refractivity contribution in [1.29, 1.82) is 0 Å². The van der Waals surface area contributed by atoms with Gasteiger partial charge in [0.25, 0.3) is 21.8 Å². The van der Waals surface area contributed by atoms with Gasteiger partial charge in [0.05, 0.1) is 10.6 Å². The molecule has 0 saturated heterocycles. The van der Waals surface area contributed by atoms with Crippen molar-refractivity contribution in [3.05, 3.63) is 102 Å². The second-order valence-corrected chi connectivity index (χ2v) is 9.30. The third kappa shape index (κ3) is 3.23. The van der Waals surface area contributed by atoms with E-state index in [0.717, 1.165) is 15.8 Å². The summed E-state index contributed by atoms with van der Waals surface area (Å²) < 4.78 is 27.8. The summed E-state index contributed by atoms with van der Waals surface area (Å²) in [5.41, 5.74) is 2.57. The highest BCUT2D eigenvalue weighted by Crippen LogP contribution is 2.33. The molecule has 1 heterocycles. The first-order chi connectivity index (χ1) is 15.3. The topological polar surface area (TPSA) is 83.6 Å². The van der Waals surface area contributed by atoms with Gasteiger partial charge in [-0.25, -0.2) is 13.3 Å². The molecule has 0 radical (unpaired) electrons. The molecule has 4 aromatic carbocycles. The van der Waals surface area contributed by atoms with Gasteiger partial charge >= 0.3 is 0 Å². The normalized spacial score (nSPS) is 13.5. The van der Waals surface area contributed by atoms with E-state index in [1.54, 1.807) is 48.5 Å². The molecule has 4 aromatic rings. The zero-order chi connectivity index (χ0) is 22.5. The predicted molar refractivity (Wildman–Crippen MR) is 124 cm³/mol. The van der Waals surface area contributed by atoms with Crippen molar-refractivity contribution in [2.45, 2.75) is 11.8 Å². The molecule has 1 N–H and O–H groups in total. The van der Waals surface area contributed by atoms with Crippen LogP contribution in [0.3, 0.4) is 0 Å². The van der Waals surface area contributed by atoms with Gasteiger partial charge in [0.1, 0.15) is 0 Å². The van der Waals surface area contributed by atoms with Crippen LogP contribution in [0.4, 0.5) is 11.4 Å². The summed E-state index contributed by atoms with van der Waals surface area (Å²) in [5, 5.41) is 1.49. The number of benzene rings is 4. The molecule has 2 amide bonds. The van der Waals surface area contributed by atoms with E-state index in [0.29, 0.717) is 27.9 Å². The summed E-state index contributed by atoms with van der Waals surface area (Å²) in [4.78, 5) is 27.5. The van der Waals surface area contributed by atoms with Crippen molar-refractivity contribution in [1.82, 2.24) is 0 Å². The number of carbonyl (C=O) groups excluding carboxylic acids is 2. The lowest BCUT2D eigenvalue weighted by molar-refractivity contribution is 0.0893. The van der Waals surface area contributed by atoms with Crippen LogP contribution in [-0.2, 0) is 10.0 Å². The number of rotatable bonds is 4. The Balaban J connectivity index is 1.46. The summed E-state index contributed by atoms with van der Waals surface area (Å²) in [5.74, 6) is -0.820. The van der Waals surface area contributed by atoms with Crippen molar-refractivity contribution in [2.24, 2.45) is 0 Å². The fourth-order valence-electron chi connectivity index (χ4n) is 3.88. The number of carbonyl (C=O) groups is 2. The minimum Gasteiger partial charge on any atom is -0.280 e. The van der Waals surface area contributed by atoms with Crippen LogP contribution in [0.2, 0.25) is 0 Å². The van der Waals surface area contributed by atoms with Gasteiger partial charge in [0.15, 0.2) is 0 Å². The Bertz CT molecular complexity index is 1440. The molecular weight excluding hydrogens is 424 g/mol. The standard InChI is InChI=1S/C25H18N2O4S/c1-16-8-14-20(15-9-16)32(30,31)26-18-10-12-19(13-11-18)27-24(28)21-6-2-4-17-5-3-7-22(23(17)21)25(27)29/h2-15,26H,1H3. The second kappa shape index (κ2) is 7.32. The van der Waals surface area contributed by atoms with E-state index < -0.39 is 21.8 Å². The average Bonchev–Trinajstić information content (AvgIpc) is 2.78. The Morgan fingerprint density at radius 2 is 1.28 bits per heavy atom. The van der Waals surface area contributed by atoms with E-state index in [2.05, 4.69) is 4.72 Å². The maximum absolute atomic E-state index is 13.1. The van der Waals surface area contributed by atoms with Crippen LogP contribution < -0.4 is 9.62 Å². The first-order valence-corrected chi connectivity index (χ1v) is 11.4. The SMILES string of the molecule is Cc1ccc(S(=O)(=O)Nc2ccc(N3C(=O)c4cccc5cccc(c45)C3=O)cc2)cc1. The quantitative estimate of drug-likeness (QED) is 0.462. The second-order valence-electron chi connectivity index (χ2n) is 7.62. The molecule has 0 atom stereocenters. The Kier molecular flexibility index (Phi) is 4.56. The van der Waals surface area contributed by atoms with Crippen LogP contribution in [0.1, 0.15) is 26.3 Å². The van der Waals surface area contributed by atoms with E-state index in [-0.39, 0.29) is 4.90 Å². The van der Waals surface area contributed by atoms with E-state index in [1.807, 2.05) is 19.1 Å². The zero-order valence-electron chi connectivity index (χ0n) is 17.1. The number of imide groups is 1. The summed E-state index contributed by atoms with van der Waals surface area (Å²) in [7, 11) is -3.75. The van der Waals surface area contributed by atoms with Crippen molar-refractivity contribution in [3.63, 3.8) is 0 Å². The third-order valence-corrected chi connectivity index (χ3v) is 6.88. The summed E-state index contributed by atoms with van der Waals surface area (Å²) in [6.07, 6.45) is 0. The highest BCUT2D eigenvalue weighted by atomic mass is 32.2. The Morgan fingerprint density at radius 1 is 0.719 bits per heavy atom. The van der Waals surface area contributed by atoms with Crippen LogP contribution >= 0.6 is 0 Å².